The fourth-order valence-corrected chi connectivity index (χ4v) is 4.31. The van der Waals surface area contributed by atoms with Crippen molar-refractivity contribution in [2.24, 2.45) is 5.92 Å². The molecule has 2 rings (SSSR count). The number of benzene rings is 1. The Morgan fingerprint density at radius 1 is 1.26 bits per heavy atom. The number of methoxy groups -OCH3 is 1. The molecule has 0 aliphatic heterocycles. The molecule has 4 heteroatoms. The van der Waals surface area contributed by atoms with E-state index in [9.17, 15) is 9.90 Å². The highest BCUT2D eigenvalue weighted by Crippen LogP contribution is 2.45. The van der Waals surface area contributed by atoms with Gasteiger partial charge < -0.3 is 9.84 Å². The Hall–Kier alpha value is -1.32. The Bertz CT molecular complexity index is 630. The minimum Gasteiger partial charge on any atom is -0.469 e. The largest absolute Gasteiger partial charge is 0.469 e. The van der Waals surface area contributed by atoms with Gasteiger partial charge in [-0.3, -0.25) is 4.79 Å². The predicted molar refractivity (Wildman–Crippen MR) is 111 cm³/mol. The van der Waals surface area contributed by atoms with Gasteiger partial charge in [0.2, 0.25) is 0 Å². The van der Waals surface area contributed by atoms with Crippen LogP contribution in [0, 0.1) is 5.92 Å². The van der Waals surface area contributed by atoms with Crippen LogP contribution in [0.5, 0.6) is 0 Å². The van der Waals surface area contributed by atoms with E-state index in [4.69, 9.17) is 11.6 Å². The number of esters is 1. The van der Waals surface area contributed by atoms with E-state index in [1.807, 2.05) is 0 Å². The minimum atomic E-state index is -0.397. The number of aliphatic hydroxyl groups is 1. The van der Waals surface area contributed by atoms with E-state index < -0.39 is 6.10 Å². The van der Waals surface area contributed by atoms with Gasteiger partial charge in [0.1, 0.15) is 0 Å². The molecule has 1 saturated carbocycles. The van der Waals surface area contributed by atoms with Crippen molar-refractivity contribution in [2.45, 2.75) is 75.7 Å². The third-order valence-electron chi connectivity index (χ3n) is 5.52. The molecule has 27 heavy (non-hydrogen) atoms. The second-order valence-corrected chi connectivity index (χ2v) is 9.12. The van der Waals surface area contributed by atoms with Crippen LogP contribution in [0.25, 0.3) is 0 Å². The van der Waals surface area contributed by atoms with Crippen molar-refractivity contribution in [1.82, 2.24) is 0 Å². The summed E-state index contributed by atoms with van der Waals surface area (Å²) < 4.78 is 4.65. The first-order valence-corrected chi connectivity index (χ1v) is 10.3. The van der Waals surface area contributed by atoms with Crippen LogP contribution < -0.4 is 0 Å². The highest BCUT2D eigenvalue weighted by molar-refractivity contribution is 6.21. The maximum absolute atomic E-state index is 11.1. The molecule has 3 nitrogen and oxygen atoms in total. The Morgan fingerprint density at radius 2 is 1.93 bits per heavy atom. The standard InChI is InChI=1S/C23H33ClO3/c1-23(2,3)17-13-11-16(12-14-17)22-18(19(24)15-20(22)25)9-7-5-6-8-10-21(26)27-4/h5,7,11-14,18-20,22,25H,6,8-10,15H2,1-4H3/b7-5-. The normalized spacial score (nSPS) is 25.9. The van der Waals surface area contributed by atoms with Crippen LogP contribution in [-0.2, 0) is 14.9 Å². The van der Waals surface area contributed by atoms with E-state index in [-0.39, 0.29) is 28.6 Å². The van der Waals surface area contributed by atoms with Gasteiger partial charge in [-0.15, -0.1) is 11.6 Å². The van der Waals surface area contributed by atoms with Gasteiger partial charge in [-0.1, -0.05) is 57.2 Å². The molecule has 0 aromatic heterocycles. The fraction of sp³-hybridized carbons (Fsp3) is 0.609. The summed E-state index contributed by atoms with van der Waals surface area (Å²) in [5.41, 5.74) is 2.58. The number of alkyl halides is 1. The topological polar surface area (TPSA) is 46.5 Å². The van der Waals surface area contributed by atoms with Crippen molar-refractivity contribution in [1.29, 1.82) is 0 Å². The Morgan fingerprint density at radius 3 is 2.52 bits per heavy atom. The average molecular weight is 393 g/mol. The van der Waals surface area contributed by atoms with Gasteiger partial charge in [-0.25, -0.2) is 0 Å². The summed E-state index contributed by atoms with van der Waals surface area (Å²) in [4.78, 5) is 11.1. The fourth-order valence-electron chi connectivity index (χ4n) is 3.87. The zero-order chi connectivity index (χ0) is 20.0. The van der Waals surface area contributed by atoms with Crippen molar-refractivity contribution in [3.05, 3.63) is 47.5 Å². The molecule has 1 N–H and O–H groups in total. The first-order valence-electron chi connectivity index (χ1n) is 9.88. The van der Waals surface area contributed by atoms with E-state index in [0.29, 0.717) is 12.8 Å². The lowest BCUT2D eigenvalue weighted by atomic mass is 9.82. The monoisotopic (exact) mass is 392 g/mol. The molecule has 4 unspecified atom stereocenters. The molecule has 4 atom stereocenters. The molecular weight excluding hydrogens is 360 g/mol. The first kappa shape index (κ1) is 22.0. The second-order valence-electron chi connectivity index (χ2n) is 8.56. The Kier molecular flexibility index (Phi) is 7.93. The number of carbonyl (C=O) groups excluding carboxylic acids is 1. The van der Waals surface area contributed by atoms with E-state index in [2.05, 4.69) is 61.9 Å². The zero-order valence-corrected chi connectivity index (χ0v) is 17.7. The minimum absolute atomic E-state index is 0.0213. The van der Waals surface area contributed by atoms with Crippen LogP contribution in [0.3, 0.4) is 0 Å². The van der Waals surface area contributed by atoms with Crippen LogP contribution in [0.15, 0.2) is 36.4 Å². The van der Waals surface area contributed by atoms with Crippen LogP contribution in [-0.4, -0.2) is 29.7 Å². The maximum atomic E-state index is 11.1. The van der Waals surface area contributed by atoms with E-state index in [0.717, 1.165) is 19.3 Å². The lowest BCUT2D eigenvalue weighted by Gasteiger charge is -2.25. The molecule has 1 aliphatic carbocycles. The summed E-state index contributed by atoms with van der Waals surface area (Å²) in [6, 6.07) is 8.64. The first-order chi connectivity index (χ1) is 12.7. The van der Waals surface area contributed by atoms with Crippen LogP contribution in [0.4, 0.5) is 0 Å². The zero-order valence-electron chi connectivity index (χ0n) is 17.0. The second kappa shape index (κ2) is 9.75. The number of carbonyl (C=O) groups is 1. The van der Waals surface area contributed by atoms with Gasteiger partial charge in [0.25, 0.3) is 0 Å². The van der Waals surface area contributed by atoms with Gasteiger partial charge in [-0.05, 0) is 48.1 Å². The Balaban J connectivity index is 1.99. The lowest BCUT2D eigenvalue weighted by Crippen LogP contribution is -2.19. The molecule has 0 heterocycles. The van der Waals surface area contributed by atoms with Crippen molar-refractivity contribution in [3.63, 3.8) is 0 Å². The summed E-state index contributed by atoms with van der Waals surface area (Å²) in [5, 5.41) is 10.6. The Labute approximate surface area is 168 Å². The van der Waals surface area contributed by atoms with Crippen LogP contribution in [0.1, 0.15) is 69.9 Å². The molecule has 1 aromatic rings. The summed E-state index contributed by atoms with van der Waals surface area (Å²) in [5.74, 6) is 0.127. The van der Waals surface area contributed by atoms with Gasteiger partial charge in [0, 0.05) is 17.7 Å². The number of hydrogen-bond donors (Lipinski definition) is 1. The third kappa shape index (κ3) is 6.08. The summed E-state index contributed by atoms with van der Waals surface area (Å²) in [7, 11) is 1.42. The summed E-state index contributed by atoms with van der Waals surface area (Å²) in [6.07, 6.45) is 7.42. The van der Waals surface area contributed by atoms with Gasteiger partial charge in [-0.2, -0.15) is 0 Å². The number of hydrogen-bond acceptors (Lipinski definition) is 3. The quantitative estimate of drug-likeness (QED) is 0.294. The molecule has 0 spiro atoms. The number of allylic oxidation sites excluding steroid dienone is 2. The van der Waals surface area contributed by atoms with Crippen LogP contribution >= 0.6 is 11.6 Å². The molecule has 0 radical (unpaired) electrons. The number of rotatable bonds is 7. The summed E-state index contributed by atoms with van der Waals surface area (Å²) >= 11 is 6.57. The highest BCUT2D eigenvalue weighted by Gasteiger charge is 2.41. The van der Waals surface area contributed by atoms with E-state index >= 15 is 0 Å². The van der Waals surface area contributed by atoms with E-state index in [1.54, 1.807) is 0 Å². The predicted octanol–water partition coefficient (Wildman–Crippen LogP) is 5.35. The van der Waals surface area contributed by atoms with Crippen molar-refractivity contribution in [2.75, 3.05) is 7.11 Å². The molecule has 0 saturated heterocycles. The number of aliphatic hydroxyl groups excluding tert-OH is 1. The van der Waals surface area contributed by atoms with Gasteiger partial charge in [0.05, 0.1) is 13.2 Å². The maximum Gasteiger partial charge on any atom is 0.305 e. The summed E-state index contributed by atoms with van der Waals surface area (Å²) in [6.45, 7) is 6.61. The lowest BCUT2D eigenvalue weighted by molar-refractivity contribution is -0.140. The molecule has 1 aromatic carbocycles. The molecule has 150 valence electrons. The molecule has 1 fully saturated rings. The number of unbranched alkanes of at least 4 members (excludes halogenated alkanes) is 1. The highest BCUT2D eigenvalue weighted by atomic mass is 35.5. The van der Waals surface area contributed by atoms with Gasteiger partial charge in [0.15, 0.2) is 0 Å². The smallest absolute Gasteiger partial charge is 0.305 e. The number of halogens is 1. The molecule has 0 amide bonds. The van der Waals surface area contributed by atoms with Gasteiger partial charge >= 0.3 is 5.97 Å². The van der Waals surface area contributed by atoms with Crippen molar-refractivity contribution >= 4 is 17.6 Å². The van der Waals surface area contributed by atoms with E-state index in [1.165, 1.54) is 18.2 Å². The average Bonchev–Trinajstić information content (AvgIpc) is 2.90. The molecular formula is C23H33ClO3. The SMILES string of the molecule is COC(=O)CCC/C=C\CC1C(Cl)CC(O)C1c1ccc(C(C)(C)C)cc1. The number of ether oxygens (including phenoxy) is 1. The van der Waals surface area contributed by atoms with Crippen molar-refractivity contribution in [3.8, 4) is 0 Å². The molecule has 1 aliphatic rings. The van der Waals surface area contributed by atoms with Crippen LogP contribution in [0.2, 0.25) is 0 Å². The third-order valence-corrected chi connectivity index (χ3v) is 6.02. The van der Waals surface area contributed by atoms with Crippen molar-refractivity contribution < 1.29 is 14.6 Å². The molecule has 0 bridgehead atoms.